The van der Waals surface area contributed by atoms with Crippen LogP contribution in [0.15, 0.2) is 46.1 Å². The molecule has 1 heterocycles. The Morgan fingerprint density at radius 1 is 1.12 bits per heavy atom. The molecule has 0 amide bonds. The third-order valence-electron chi connectivity index (χ3n) is 3.97. The summed E-state index contributed by atoms with van der Waals surface area (Å²) in [6, 6.07) is 10.9. The fraction of sp³-hybridized carbons (Fsp3) is 0.450. The van der Waals surface area contributed by atoms with E-state index in [1.54, 1.807) is 11.3 Å². The van der Waals surface area contributed by atoms with Gasteiger partial charge < -0.3 is 15.5 Å². The molecule has 0 saturated carbocycles. The number of hydrogen-bond acceptors (Lipinski definition) is 3. The van der Waals surface area contributed by atoms with Gasteiger partial charge in [0.25, 0.3) is 0 Å². The molecule has 0 spiro atoms. The maximum Gasteiger partial charge on any atom is 0.191 e. The first kappa shape index (κ1) is 22.9. The molecule has 0 aliphatic heterocycles. The van der Waals surface area contributed by atoms with Crippen molar-refractivity contribution in [2.75, 3.05) is 27.2 Å². The normalized spacial score (nSPS) is 12.6. The minimum absolute atomic E-state index is 0. The highest BCUT2D eigenvalue weighted by atomic mass is 127. The van der Waals surface area contributed by atoms with E-state index in [-0.39, 0.29) is 24.0 Å². The highest BCUT2D eigenvalue weighted by Crippen LogP contribution is 2.17. The van der Waals surface area contributed by atoms with Gasteiger partial charge in [0, 0.05) is 19.6 Å². The van der Waals surface area contributed by atoms with Crippen LogP contribution in [0.2, 0.25) is 0 Å². The summed E-state index contributed by atoms with van der Waals surface area (Å²) in [5.41, 5.74) is 3.93. The molecular weight excluding hydrogens is 455 g/mol. The van der Waals surface area contributed by atoms with E-state index in [1.807, 2.05) is 0 Å². The second-order valence-corrected chi connectivity index (χ2v) is 7.37. The molecule has 1 unspecified atom stereocenters. The van der Waals surface area contributed by atoms with Crippen LogP contribution in [0, 0.1) is 0 Å². The Kier molecular flexibility index (Phi) is 10.8. The average Bonchev–Trinajstić information content (AvgIpc) is 3.12. The lowest BCUT2D eigenvalue weighted by atomic mass is 10.1. The van der Waals surface area contributed by atoms with E-state index in [1.165, 1.54) is 16.7 Å². The van der Waals surface area contributed by atoms with Crippen molar-refractivity contribution in [1.82, 2.24) is 15.5 Å². The highest BCUT2D eigenvalue weighted by molar-refractivity contribution is 14.0. The number of thiophene rings is 1. The van der Waals surface area contributed by atoms with E-state index in [2.05, 4.69) is 84.6 Å². The molecule has 6 heteroatoms. The Labute approximate surface area is 179 Å². The number of rotatable bonds is 8. The molecule has 144 valence electrons. The van der Waals surface area contributed by atoms with Crippen molar-refractivity contribution < 1.29 is 0 Å². The van der Waals surface area contributed by atoms with Crippen molar-refractivity contribution in [1.29, 1.82) is 0 Å². The standard InChI is InChI=1S/C20H30N4S.HI/c1-5-21-20(22-12-16(2)19-10-11-25-15-19)23-13-17-6-8-18(9-7-17)14-24(3)4;/h6-11,15-16H,5,12-14H2,1-4H3,(H2,21,22,23);1H. The Morgan fingerprint density at radius 2 is 1.81 bits per heavy atom. The second-order valence-electron chi connectivity index (χ2n) is 6.59. The summed E-state index contributed by atoms with van der Waals surface area (Å²) in [4.78, 5) is 6.89. The first-order chi connectivity index (χ1) is 12.1. The van der Waals surface area contributed by atoms with Crippen molar-refractivity contribution in [3.63, 3.8) is 0 Å². The number of halogens is 1. The minimum Gasteiger partial charge on any atom is -0.357 e. The van der Waals surface area contributed by atoms with Crippen LogP contribution < -0.4 is 10.6 Å². The fourth-order valence-electron chi connectivity index (χ4n) is 2.55. The quantitative estimate of drug-likeness (QED) is 0.332. The van der Waals surface area contributed by atoms with Gasteiger partial charge in [0.1, 0.15) is 0 Å². The first-order valence-corrected chi connectivity index (χ1v) is 9.79. The van der Waals surface area contributed by atoms with Crippen LogP contribution in [0.4, 0.5) is 0 Å². The van der Waals surface area contributed by atoms with Crippen LogP contribution in [0.5, 0.6) is 0 Å². The zero-order chi connectivity index (χ0) is 18.1. The Morgan fingerprint density at radius 3 is 2.38 bits per heavy atom. The summed E-state index contributed by atoms with van der Waals surface area (Å²) in [7, 11) is 4.17. The highest BCUT2D eigenvalue weighted by Gasteiger charge is 2.07. The van der Waals surface area contributed by atoms with Crippen LogP contribution >= 0.6 is 35.3 Å². The van der Waals surface area contributed by atoms with E-state index in [4.69, 9.17) is 4.99 Å². The summed E-state index contributed by atoms with van der Waals surface area (Å²) in [6.45, 7) is 7.72. The molecule has 4 nitrogen and oxygen atoms in total. The third-order valence-corrected chi connectivity index (χ3v) is 4.68. The van der Waals surface area contributed by atoms with Crippen LogP contribution in [-0.4, -0.2) is 38.0 Å². The Hall–Kier alpha value is -1.12. The maximum atomic E-state index is 4.71. The van der Waals surface area contributed by atoms with Crippen molar-refractivity contribution in [2.24, 2.45) is 4.99 Å². The van der Waals surface area contributed by atoms with Crippen molar-refractivity contribution in [2.45, 2.75) is 32.9 Å². The first-order valence-electron chi connectivity index (χ1n) is 8.85. The van der Waals surface area contributed by atoms with Gasteiger partial charge in [-0.3, -0.25) is 0 Å². The van der Waals surface area contributed by atoms with Crippen molar-refractivity contribution >= 4 is 41.3 Å². The summed E-state index contributed by atoms with van der Waals surface area (Å²) >= 11 is 1.75. The molecular formula is C20H31IN4S. The summed E-state index contributed by atoms with van der Waals surface area (Å²) < 4.78 is 0. The molecule has 1 aromatic carbocycles. The smallest absolute Gasteiger partial charge is 0.191 e. The van der Waals surface area contributed by atoms with Gasteiger partial charge in [0.05, 0.1) is 6.54 Å². The molecule has 0 radical (unpaired) electrons. The molecule has 2 N–H and O–H groups in total. The Bertz CT molecular complexity index is 638. The van der Waals surface area contributed by atoms with Crippen LogP contribution in [0.1, 0.15) is 36.5 Å². The van der Waals surface area contributed by atoms with E-state index < -0.39 is 0 Å². The third kappa shape index (κ3) is 8.05. The van der Waals surface area contributed by atoms with Gasteiger partial charge in [-0.1, -0.05) is 31.2 Å². The van der Waals surface area contributed by atoms with Gasteiger partial charge in [-0.05, 0) is 60.5 Å². The molecule has 0 saturated heterocycles. The largest absolute Gasteiger partial charge is 0.357 e. The number of nitrogens with zero attached hydrogens (tertiary/aromatic N) is 2. The summed E-state index contributed by atoms with van der Waals surface area (Å²) in [5, 5.41) is 11.1. The second kappa shape index (κ2) is 12.3. The summed E-state index contributed by atoms with van der Waals surface area (Å²) in [5.74, 6) is 1.35. The molecule has 0 aliphatic carbocycles. The topological polar surface area (TPSA) is 39.7 Å². The number of nitrogens with one attached hydrogen (secondary N) is 2. The monoisotopic (exact) mass is 486 g/mol. The zero-order valence-electron chi connectivity index (χ0n) is 16.2. The molecule has 1 atom stereocenters. The Balaban J connectivity index is 0.00000338. The molecule has 2 rings (SSSR count). The molecule has 0 fully saturated rings. The average molecular weight is 486 g/mol. The van der Waals surface area contributed by atoms with Crippen LogP contribution in [-0.2, 0) is 13.1 Å². The van der Waals surface area contributed by atoms with E-state index in [0.717, 1.165) is 25.6 Å². The zero-order valence-corrected chi connectivity index (χ0v) is 19.3. The fourth-order valence-corrected chi connectivity index (χ4v) is 3.33. The summed E-state index contributed by atoms with van der Waals surface area (Å²) in [6.07, 6.45) is 0. The SMILES string of the molecule is CCNC(=NCc1ccc(CN(C)C)cc1)NCC(C)c1ccsc1.I. The van der Waals surface area contributed by atoms with E-state index in [0.29, 0.717) is 12.5 Å². The van der Waals surface area contributed by atoms with Gasteiger partial charge in [0.2, 0.25) is 0 Å². The predicted molar refractivity (Wildman–Crippen MR) is 125 cm³/mol. The van der Waals surface area contributed by atoms with E-state index >= 15 is 0 Å². The lowest BCUT2D eigenvalue weighted by Crippen LogP contribution is -2.39. The number of benzene rings is 1. The van der Waals surface area contributed by atoms with E-state index in [9.17, 15) is 0 Å². The van der Waals surface area contributed by atoms with Crippen molar-refractivity contribution in [3.8, 4) is 0 Å². The maximum absolute atomic E-state index is 4.71. The van der Waals surface area contributed by atoms with Gasteiger partial charge in [-0.2, -0.15) is 11.3 Å². The lowest BCUT2D eigenvalue weighted by Gasteiger charge is -2.15. The van der Waals surface area contributed by atoms with Crippen LogP contribution in [0.25, 0.3) is 0 Å². The molecule has 1 aromatic heterocycles. The molecule has 26 heavy (non-hydrogen) atoms. The van der Waals surface area contributed by atoms with Crippen molar-refractivity contribution in [3.05, 3.63) is 57.8 Å². The van der Waals surface area contributed by atoms with Gasteiger partial charge in [-0.15, -0.1) is 24.0 Å². The van der Waals surface area contributed by atoms with Gasteiger partial charge in [0.15, 0.2) is 5.96 Å². The van der Waals surface area contributed by atoms with Gasteiger partial charge >= 0.3 is 0 Å². The van der Waals surface area contributed by atoms with Gasteiger partial charge in [-0.25, -0.2) is 4.99 Å². The molecule has 0 aliphatic rings. The lowest BCUT2D eigenvalue weighted by molar-refractivity contribution is 0.402. The number of hydrogen-bond donors (Lipinski definition) is 2. The predicted octanol–water partition coefficient (Wildman–Crippen LogP) is 4.29. The van der Waals surface area contributed by atoms with Crippen LogP contribution in [0.3, 0.4) is 0 Å². The molecule has 2 aromatic rings. The minimum atomic E-state index is 0. The number of guanidine groups is 1. The molecule has 0 bridgehead atoms. The number of aliphatic imine (C=N–C) groups is 1.